The van der Waals surface area contributed by atoms with Crippen LogP contribution in [0.3, 0.4) is 0 Å². The smallest absolute Gasteiger partial charge is 0.155 e. The molecule has 2 rings (SSSR count). The summed E-state index contributed by atoms with van der Waals surface area (Å²) in [6, 6.07) is 8.02. The molecule has 1 N–H and O–H groups in total. The maximum absolute atomic E-state index is 13.1. The Morgan fingerprint density at radius 3 is 2.32 bits per heavy atom. The van der Waals surface area contributed by atoms with Crippen LogP contribution in [0.25, 0.3) is 11.3 Å². The van der Waals surface area contributed by atoms with Crippen molar-refractivity contribution in [1.29, 1.82) is 0 Å². The van der Waals surface area contributed by atoms with Gasteiger partial charge in [-0.25, -0.2) is 8.78 Å². The van der Waals surface area contributed by atoms with Crippen LogP contribution >= 0.6 is 0 Å². The normalized spacial score (nSPS) is 10.2. The zero-order chi connectivity index (χ0) is 18.3. The van der Waals surface area contributed by atoms with Crippen molar-refractivity contribution >= 4 is 11.5 Å². The molecule has 0 bridgehead atoms. The van der Waals surface area contributed by atoms with Crippen LogP contribution in [0.5, 0.6) is 0 Å². The zero-order valence-electron chi connectivity index (χ0n) is 14.3. The fourth-order valence-electron chi connectivity index (χ4n) is 1.78. The van der Waals surface area contributed by atoms with Crippen molar-refractivity contribution < 1.29 is 39.7 Å². The quantitative estimate of drug-likeness (QED) is 0.373. The average Bonchev–Trinajstić information content (AvgIpc) is 2.45. The second-order valence-corrected chi connectivity index (χ2v) is 5.25. The van der Waals surface area contributed by atoms with Crippen molar-refractivity contribution in [3.8, 4) is 11.3 Å². The number of aliphatic hydroxyl groups excluding tert-OH is 1. The van der Waals surface area contributed by atoms with Crippen molar-refractivity contribution in [3.05, 3.63) is 60.0 Å². The molecule has 0 atom stereocenters. The maximum atomic E-state index is 13.1. The summed E-state index contributed by atoms with van der Waals surface area (Å²) in [5.74, 6) is -1.42. The van der Waals surface area contributed by atoms with Crippen LogP contribution in [0.1, 0.15) is 13.8 Å². The van der Waals surface area contributed by atoms with Crippen LogP contribution < -0.4 is 4.90 Å². The Morgan fingerprint density at radius 1 is 1.24 bits per heavy atom. The van der Waals surface area contributed by atoms with E-state index >= 15 is 0 Å². The number of rotatable bonds is 3. The first-order valence-corrected chi connectivity index (χ1v) is 7.09. The first kappa shape index (κ1) is 22.9. The Hall–Kier alpha value is -2.07. The molecule has 0 aliphatic rings. The number of carbonyl (C=O) groups is 1. The first-order valence-electron chi connectivity index (χ1n) is 7.09. The summed E-state index contributed by atoms with van der Waals surface area (Å²) >= 11 is 0. The number of halogens is 2. The number of aromatic nitrogens is 1. The van der Waals surface area contributed by atoms with Gasteiger partial charge in [0.1, 0.15) is 0 Å². The number of pyridine rings is 1. The first-order chi connectivity index (χ1) is 11.2. The summed E-state index contributed by atoms with van der Waals surface area (Å²) in [5, 5.41) is 8.36. The molecule has 4 nitrogen and oxygen atoms in total. The summed E-state index contributed by atoms with van der Waals surface area (Å²) in [5.41, 5.74) is 1.72. The van der Waals surface area contributed by atoms with Gasteiger partial charge in [0.2, 0.25) is 0 Å². The third kappa shape index (κ3) is 8.54. The number of hydrogen-bond acceptors (Lipinski definition) is 4. The van der Waals surface area contributed by atoms with E-state index < -0.39 is 11.6 Å². The standard InChI is InChI=1S/C13H11F2N2.C5H8O2.Pt/c1-17(2)12-3-4-16-13(8-12)9-5-10(14)7-11(15)6-9;1-4(6)3-5(2)7;/h3-5,7-8H,1-2H3;3,6H,1-2H3;/q-1;;/b;4-3-;. The minimum atomic E-state index is -0.725. The number of carbonyl (C=O) groups excluding carboxylic acids is 1. The second kappa shape index (κ2) is 10.7. The number of nitrogens with zero attached hydrogens (tertiary/aromatic N) is 2. The minimum Gasteiger partial charge on any atom is -0.512 e. The molecular weight excluding hydrogens is 509 g/mol. The molecule has 138 valence electrons. The van der Waals surface area contributed by atoms with Gasteiger partial charge in [-0.15, -0.1) is 17.7 Å². The van der Waals surface area contributed by atoms with Crippen LogP contribution in [-0.2, 0) is 25.9 Å². The molecular formula is C18H19F2N2O2Pt-. The number of anilines is 1. The molecule has 1 heterocycles. The Kier molecular flexibility index (Phi) is 9.83. The number of hydrogen-bond donors (Lipinski definition) is 1. The predicted molar refractivity (Wildman–Crippen MR) is 89.8 cm³/mol. The van der Waals surface area contributed by atoms with Crippen molar-refractivity contribution in [2.75, 3.05) is 19.0 Å². The summed E-state index contributed by atoms with van der Waals surface area (Å²) < 4.78 is 26.1. The van der Waals surface area contributed by atoms with Gasteiger partial charge >= 0.3 is 0 Å². The van der Waals surface area contributed by atoms with Gasteiger partial charge in [0.15, 0.2) is 5.78 Å². The summed E-state index contributed by atoms with van der Waals surface area (Å²) in [7, 11) is 3.77. The van der Waals surface area contributed by atoms with Gasteiger partial charge in [0, 0.05) is 64.8 Å². The SMILES string of the molecule is CC(=O)/C=C(/C)O.CN(C)c1ccnc(-c2[c-]c(F)cc(F)c2)c1.[Pt]. The molecule has 2 aromatic rings. The molecule has 0 unspecified atom stereocenters. The number of ketones is 1. The second-order valence-electron chi connectivity index (χ2n) is 5.25. The zero-order valence-corrected chi connectivity index (χ0v) is 16.6. The van der Waals surface area contributed by atoms with Crippen molar-refractivity contribution in [1.82, 2.24) is 4.98 Å². The van der Waals surface area contributed by atoms with E-state index in [4.69, 9.17) is 5.11 Å². The van der Waals surface area contributed by atoms with Gasteiger partial charge in [-0.1, -0.05) is 12.1 Å². The number of benzene rings is 1. The molecule has 0 fully saturated rings. The largest absolute Gasteiger partial charge is 0.512 e. The number of aliphatic hydroxyl groups is 1. The maximum Gasteiger partial charge on any atom is 0.155 e. The van der Waals surface area contributed by atoms with E-state index in [2.05, 4.69) is 11.1 Å². The van der Waals surface area contributed by atoms with Gasteiger partial charge in [0.05, 0.1) is 5.76 Å². The van der Waals surface area contributed by atoms with Gasteiger partial charge in [0.25, 0.3) is 0 Å². The fourth-order valence-corrected chi connectivity index (χ4v) is 1.78. The summed E-state index contributed by atoms with van der Waals surface area (Å²) in [6.07, 6.45) is 2.77. The van der Waals surface area contributed by atoms with Crippen LogP contribution in [0.2, 0.25) is 0 Å². The Bertz CT molecular complexity index is 725. The molecule has 25 heavy (non-hydrogen) atoms. The Morgan fingerprint density at radius 2 is 1.88 bits per heavy atom. The number of allylic oxidation sites excluding steroid dienone is 2. The third-order valence-corrected chi connectivity index (χ3v) is 2.75. The molecule has 7 heteroatoms. The van der Waals surface area contributed by atoms with E-state index in [0.717, 1.165) is 11.8 Å². The van der Waals surface area contributed by atoms with Gasteiger partial charge in [-0.3, -0.25) is 4.79 Å². The van der Waals surface area contributed by atoms with Crippen LogP contribution in [0, 0.1) is 17.7 Å². The van der Waals surface area contributed by atoms with Gasteiger partial charge in [-0.2, -0.15) is 0 Å². The molecule has 0 aliphatic carbocycles. The third-order valence-electron chi connectivity index (χ3n) is 2.75. The molecule has 0 spiro atoms. The monoisotopic (exact) mass is 528 g/mol. The molecule has 0 radical (unpaired) electrons. The fraction of sp³-hybridized carbons (Fsp3) is 0.222. The van der Waals surface area contributed by atoms with E-state index in [1.807, 2.05) is 25.1 Å². The van der Waals surface area contributed by atoms with Crippen LogP contribution in [-0.4, -0.2) is 30.0 Å². The summed E-state index contributed by atoms with van der Waals surface area (Å²) in [4.78, 5) is 16.0. The van der Waals surface area contributed by atoms with Gasteiger partial charge < -0.3 is 15.0 Å². The molecule has 0 aliphatic heterocycles. The van der Waals surface area contributed by atoms with Crippen molar-refractivity contribution in [2.24, 2.45) is 0 Å². The Balaban J connectivity index is 0.000000620. The van der Waals surface area contributed by atoms with E-state index in [1.165, 1.54) is 26.0 Å². The molecule has 1 aromatic carbocycles. The van der Waals surface area contributed by atoms with E-state index in [9.17, 15) is 13.6 Å². The predicted octanol–water partition coefficient (Wildman–Crippen LogP) is 3.93. The van der Waals surface area contributed by atoms with Crippen molar-refractivity contribution in [3.63, 3.8) is 0 Å². The van der Waals surface area contributed by atoms with E-state index in [1.54, 1.807) is 12.3 Å². The topological polar surface area (TPSA) is 53.4 Å². The van der Waals surface area contributed by atoms with Crippen LogP contribution in [0.15, 0.2) is 42.3 Å². The average molecular weight is 528 g/mol. The van der Waals surface area contributed by atoms with Crippen molar-refractivity contribution in [2.45, 2.75) is 13.8 Å². The van der Waals surface area contributed by atoms with Crippen LogP contribution in [0.4, 0.5) is 14.5 Å². The molecule has 0 amide bonds. The van der Waals surface area contributed by atoms with Gasteiger partial charge in [-0.05, 0) is 25.6 Å². The molecule has 0 saturated heterocycles. The minimum absolute atomic E-state index is 0. The van der Waals surface area contributed by atoms with E-state index in [0.29, 0.717) is 11.3 Å². The Labute approximate surface area is 160 Å². The van der Waals surface area contributed by atoms with E-state index in [-0.39, 0.29) is 32.6 Å². The summed E-state index contributed by atoms with van der Waals surface area (Å²) in [6.45, 7) is 2.85. The molecule has 1 aromatic heterocycles. The molecule has 0 saturated carbocycles.